The molecule has 2 N–H and O–H groups in total. The molecule has 4 atom stereocenters. The Balaban J connectivity index is 2.02. The van der Waals surface area contributed by atoms with Gasteiger partial charge in [-0.25, -0.2) is 0 Å². The molecule has 0 aromatic carbocycles. The third kappa shape index (κ3) is 2.32. The lowest BCUT2D eigenvalue weighted by molar-refractivity contribution is 0.176. The first kappa shape index (κ1) is 11.7. The Morgan fingerprint density at radius 1 is 1.25 bits per heavy atom. The highest BCUT2D eigenvalue weighted by molar-refractivity contribution is 5.10. The molecule has 1 heterocycles. The van der Waals surface area contributed by atoms with Crippen molar-refractivity contribution >= 4 is 0 Å². The summed E-state index contributed by atoms with van der Waals surface area (Å²) in [5.74, 6) is 4.16. The van der Waals surface area contributed by atoms with Crippen molar-refractivity contribution in [3.63, 3.8) is 0 Å². The largest absolute Gasteiger partial charge is 0.465 e. The van der Waals surface area contributed by atoms with E-state index in [1.807, 2.05) is 19.1 Å². The summed E-state index contributed by atoms with van der Waals surface area (Å²) in [6.07, 6.45) is 3.79. The summed E-state index contributed by atoms with van der Waals surface area (Å²) < 4.78 is 5.64. The monoisotopic (exact) mass is 221 g/mol. The van der Waals surface area contributed by atoms with E-state index in [0.29, 0.717) is 5.92 Å². The Bertz CT molecular complexity index is 344. The molecule has 2 rings (SSSR count). The van der Waals surface area contributed by atoms with Crippen LogP contribution in [0.1, 0.15) is 50.7 Å². The van der Waals surface area contributed by atoms with E-state index in [0.717, 1.165) is 23.4 Å². The maximum atomic E-state index is 6.30. The van der Waals surface area contributed by atoms with E-state index in [2.05, 4.69) is 13.8 Å². The average molecular weight is 221 g/mol. The van der Waals surface area contributed by atoms with Gasteiger partial charge in [0.15, 0.2) is 0 Å². The summed E-state index contributed by atoms with van der Waals surface area (Å²) in [6, 6.07) is 4.12. The van der Waals surface area contributed by atoms with E-state index in [-0.39, 0.29) is 6.04 Å². The van der Waals surface area contributed by atoms with Gasteiger partial charge >= 0.3 is 0 Å². The highest BCUT2D eigenvalue weighted by Crippen LogP contribution is 2.39. The number of aryl methyl sites for hydroxylation is 1. The zero-order valence-electron chi connectivity index (χ0n) is 10.6. The fraction of sp³-hybridized carbons (Fsp3) is 0.714. The molecule has 1 aliphatic carbocycles. The summed E-state index contributed by atoms with van der Waals surface area (Å²) in [5, 5.41) is 0. The second-order valence-corrected chi connectivity index (χ2v) is 5.50. The number of rotatable bonds is 2. The molecule has 1 saturated carbocycles. The Labute approximate surface area is 98.2 Å². The maximum absolute atomic E-state index is 6.30. The molecule has 16 heavy (non-hydrogen) atoms. The Kier molecular flexibility index (Phi) is 3.38. The first-order valence-corrected chi connectivity index (χ1v) is 6.40. The van der Waals surface area contributed by atoms with Gasteiger partial charge in [-0.05, 0) is 49.7 Å². The Hall–Kier alpha value is -0.760. The standard InChI is InChI=1S/C14H23NO/c1-9-4-6-12(8-10(9)2)14(15)13-7-5-11(3)16-13/h5,7,9-10,12,14H,4,6,8,15H2,1-3H3. The minimum Gasteiger partial charge on any atom is -0.465 e. The summed E-state index contributed by atoms with van der Waals surface area (Å²) in [4.78, 5) is 0. The summed E-state index contributed by atoms with van der Waals surface area (Å²) in [7, 11) is 0. The topological polar surface area (TPSA) is 39.2 Å². The van der Waals surface area contributed by atoms with E-state index in [9.17, 15) is 0 Å². The quantitative estimate of drug-likeness (QED) is 0.827. The van der Waals surface area contributed by atoms with Crippen LogP contribution in [0.3, 0.4) is 0 Å². The van der Waals surface area contributed by atoms with Gasteiger partial charge in [0, 0.05) is 0 Å². The third-order valence-electron chi connectivity index (χ3n) is 4.24. The van der Waals surface area contributed by atoms with Crippen LogP contribution in [0, 0.1) is 24.7 Å². The van der Waals surface area contributed by atoms with Crippen molar-refractivity contribution in [1.82, 2.24) is 0 Å². The van der Waals surface area contributed by atoms with Gasteiger partial charge in [-0.1, -0.05) is 20.3 Å². The van der Waals surface area contributed by atoms with E-state index >= 15 is 0 Å². The minimum absolute atomic E-state index is 0.0867. The van der Waals surface area contributed by atoms with Crippen LogP contribution < -0.4 is 5.73 Å². The van der Waals surface area contributed by atoms with Crippen LogP contribution in [-0.4, -0.2) is 0 Å². The van der Waals surface area contributed by atoms with Crippen LogP contribution in [0.15, 0.2) is 16.5 Å². The molecule has 2 heteroatoms. The van der Waals surface area contributed by atoms with Crippen molar-refractivity contribution in [3.8, 4) is 0 Å². The zero-order chi connectivity index (χ0) is 11.7. The Morgan fingerprint density at radius 3 is 2.56 bits per heavy atom. The smallest absolute Gasteiger partial charge is 0.121 e. The highest BCUT2D eigenvalue weighted by Gasteiger charge is 2.30. The van der Waals surface area contributed by atoms with Crippen molar-refractivity contribution in [2.45, 2.75) is 46.1 Å². The Morgan fingerprint density at radius 2 is 2.00 bits per heavy atom. The van der Waals surface area contributed by atoms with Gasteiger partial charge in [0.1, 0.15) is 11.5 Å². The predicted molar refractivity (Wildman–Crippen MR) is 66.0 cm³/mol. The first-order chi connectivity index (χ1) is 7.58. The fourth-order valence-electron chi connectivity index (χ4n) is 2.78. The van der Waals surface area contributed by atoms with E-state index in [4.69, 9.17) is 10.2 Å². The van der Waals surface area contributed by atoms with Crippen LogP contribution in [0.5, 0.6) is 0 Å². The van der Waals surface area contributed by atoms with Crippen LogP contribution in [0.2, 0.25) is 0 Å². The van der Waals surface area contributed by atoms with Crippen molar-refractivity contribution in [3.05, 3.63) is 23.7 Å². The normalized spacial score (nSPS) is 32.6. The summed E-state index contributed by atoms with van der Waals surface area (Å²) >= 11 is 0. The van der Waals surface area contributed by atoms with Gasteiger partial charge < -0.3 is 10.2 Å². The summed E-state index contributed by atoms with van der Waals surface area (Å²) in [5.41, 5.74) is 6.30. The lowest BCUT2D eigenvalue weighted by Crippen LogP contribution is -2.29. The molecule has 2 nitrogen and oxygen atoms in total. The van der Waals surface area contributed by atoms with Crippen molar-refractivity contribution < 1.29 is 4.42 Å². The van der Waals surface area contributed by atoms with E-state index < -0.39 is 0 Å². The van der Waals surface area contributed by atoms with Crippen LogP contribution in [-0.2, 0) is 0 Å². The van der Waals surface area contributed by atoms with Crippen LogP contribution in [0.25, 0.3) is 0 Å². The van der Waals surface area contributed by atoms with Gasteiger partial charge in [0.05, 0.1) is 6.04 Å². The molecule has 0 spiro atoms. The van der Waals surface area contributed by atoms with Crippen LogP contribution >= 0.6 is 0 Å². The molecule has 1 fully saturated rings. The summed E-state index contributed by atoms with van der Waals surface area (Å²) in [6.45, 7) is 6.67. The lowest BCUT2D eigenvalue weighted by Gasteiger charge is -2.34. The number of nitrogens with two attached hydrogens (primary N) is 1. The average Bonchev–Trinajstić information content (AvgIpc) is 2.68. The predicted octanol–water partition coefficient (Wildman–Crippen LogP) is 3.66. The third-order valence-corrected chi connectivity index (χ3v) is 4.24. The SMILES string of the molecule is Cc1ccc(C(N)C2CCC(C)C(C)C2)o1. The maximum Gasteiger partial charge on any atom is 0.121 e. The van der Waals surface area contributed by atoms with Crippen LogP contribution in [0.4, 0.5) is 0 Å². The molecule has 90 valence electrons. The minimum atomic E-state index is 0.0867. The van der Waals surface area contributed by atoms with Crippen molar-refractivity contribution in [2.75, 3.05) is 0 Å². The van der Waals surface area contributed by atoms with Gasteiger partial charge in [-0.3, -0.25) is 0 Å². The molecular formula is C14H23NO. The van der Waals surface area contributed by atoms with Gasteiger partial charge in [0.25, 0.3) is 0 Å². The molecule has 1 aromatic heterocycles. The molecule has 0 bridgehead atoms. The molecule has 1 aliphatic rings. The molecule has 0 aliphatic heterocycles. The molecular weight excluding hydrogens is 198 g/mol. The molecule has 0 saturated heterocycles. The molecule has 1 aromatic rings. The molecule has 0 amide bonds. The molecule has 4 unspecified atom stereocenters. The number of furan rings is 1. The van der Waals surface area contributed by atoms with Gasteiger partial charge in [-0.15, -0.1) is 0 Å². The lowest BCUT2D eigenvalue weighted by atomic mass is 9.73. The first-order valence-electron chi connectivity index (χ1n) is 6.40. The zero-order valence-corrected chi connectivity index (χ0v) is 10.6. The van der Waals surface area contributed by atoms with E-state index in [1.165, 1.54) is 19.3 Å². The van der Waals surface area contributed by atoms with Crippen molar-refractivity contribution in [2.24, 2.45) is 23.5 Å². The van der Waals surface area contributed by atoms with Crippen molar-refractivity contribution in [1.29, 1.82) is 0 Å². The number of hydrogen-bond acceptors (Lipinski definition) is 2. The van der Waals surface area contributed by atoms with Gasteiger partial charge in [0.2, 0.25) is 0 Å². The molecule has 0 radical (unpaired) electrons. The second-order valence-electron chi connectivity index (χ2n) is 5.50. The number of hydrogen-bond donors (Lipinski definition) is 1. The van der Waals surface area contributed by atoms with E-state index in [1.54, 1.807) is 0 Å². The highest BCUT2D eigenvalue weighted by atomic mass is 16.3. The second kappa shape index (κ2) is 4.62. The fourth-order valence-corrected chi connectivity index (χ4v) is 2.78. The van der Waals surface area contributed by atoms with Gasteiger partial charge in [-0.2, -0.15) is 0 Å².